The van der Waals surface area contributed by atoms with Crippen molar-refractivity contribution in [1.29, 1.82) is 0 Å². The summed E-state index contributed by atoms with van der Waals surface area (Å²) >= 11 is 0. The molecule has 0 spiro atoms. The zero-order valence-electron chi connectivity index (χ0n) is 54.2. The van der Waals surface area contributed by atoms with E-state index in [2.05, 4.69) is 154 Å². The molecule has 6 heteroatoms. The molecule has 0 aliphatic carbocycles. The van der Waals surface area contributed by atoms with Gasteiger partial charge in [-0.2, -0.15) is 0 Å². The SMILES string of the molecule is CC/C=C\C/C=C\C/C=C\C/C=C\C/C=C\C/C=C\C/C=C\C/C=C\C/C=C\C/C=C\CCCCCCC(=O)OCC(COC(=O)CCCCCCCCCCCCCC)OC(=O)CCCCCCCCC/C=C\CCCCCCCCC. The maximum atomic E-state index is 12.9. The molecule has 0 radical (unpaired) electrons. The van der Waals surface area contributed by atoms with Gasteiger partial charge < -0.3 is 14.2 Å². The Hall–Kier alpha value is -4.45. The average Bonchev–Trinajstić information content (AvgIpc) is 3.49. The van der Waals surface area contributed by atoms with Crippen LogP contribution in [0.3, 0.4) is 0 Å². The number of esters is 3. The van der Waals surface area contributed by atoms with Crippen molar-refractivity contribution in [3.05, 3.63) is 134 Å². The van der Waals surface area contributed by atoms with Crippen LogP contribution in [-0.4, -0.2) is 37.2 Å². The maximum absolute atomic E-state index is 12.9. The molecule has 0 N–H and O–H groups in total. The molecule has 0 rings (SSSR count). The third-order valence-electron chi connectivity index (χ3n) is 14.6. The zero-order chi connectivity index (χ0) is 59.9. The summed E-state index contributed by atoms with van der Waals surface area (Å²) < 4.78 is 16.9. The predicted octanol–water partition coefficient (Wildman–Crippen LogP) is 24.1. The first-order valence-corrected chi connectivity index (χ1v) is 34.7. The second-order valence-corrected chi connectivity index (χ2v) is 22.7. The lowest BCUT2D eigenvalue weighted by Gasteiger charge is -2.18. The number of allylic oxidation sites excluding steroid dienone is 22. The molecule has 1 unspecified atom stereocenters. The molecule has 6 nitrogen and oxygen atoms in total. The predicted molar refractivity (Wildman–Crippen MR) is 362 cm³/mol. The van der Waals surface area contributed by atoms with Crippen molar-refractivity contribution in [1.82, 2.24) is 0 Å². The van der Waals surface area contributed by atoms with Crippen LogP contribution in [0.2, 0.25) is 0 Å². The highest BCUT2D eigenvalue weighted by Gasteiger charge is 2.19. The van der Waals surface area contributed by atoms with Gasteiger partial charge in [0.15, 0.2) is 6.10 Å². The van der Waals surface area contributed by atoms with E-state index in [9.17, 15) is 14.4 Å². The Bertz CT molecular complexity index is 1750. The number of carbonyl (C=O) groups excluding carboxylic acids is 3. The molecule has 0 saturated heterocycles. The van der Waals surface area contributed by atoms with Gasteiger partial charge in [0, 0.05) is 19.3 Å². The first kappa shape index (κ1) is 78.5. The molecule has 0 aliphatic rings. The normalized spacial score (nSPS) is 13.0. The highest BCUT2D eigenvalue weighted by molar-refractivity contribution is 5.71. The fourth-order valence-corrected chi connectivity index (χ4v) is 9.47. The summed E-state index contributed by atoms with van der Waals surface area (Å²) in [4.78, 5) is 38.3. The van der Waals surface area contributed by atoms with Crippen LogP contribution in [0.1, 0.15) is 316 Å². The number of ether oxygens (including phenoxy) is 3. The molecule has 0 saturated carbocycles. The maximum Gasteiger partial charge on any atom is 0.306 e. The van der Waals surface area contributed by atoms with Crippen molar-refractivity contribution in [2.75, 3.05) is 13.2 Å². The van der Waals surface area contributed by atoms with Gasteiger partial charge >= 0.3 is 17.9 Å². The van der Waals surface area contributed by atoms with Crippen LogP contribution in [0.25, 0.3) is 0 Å². The van der Waals surface area contributed by atoms with Gasteiger partial charge in [-0.15, -0.1) is 0 Å². The number of hydrogen-bond donors (Lipinski definition) is 0. The lowest BCUT2D eigenvalue weighted by atomic mass is 10.0. The van der Waals surface area contributed by atoms with E-state index in [0.29, 0.717) is 19.3 Å². The van der Waals surface area contributed by atoms with Crippen molar-refractivity contribution >= 4 is 17.9 Å². The summed E-state index contributed by atoms with van der Waals surface area (Å²) in [5.74, 6) is -0.911. The molecular formula is C77H128O6. The standard InChI is InChI=1S/C77H128O6/c1-4-7-10-13-16-19-22-25-27-29-31-32-33-34-35-36-37-38-39-40-41-42-43-44-45-46-47-49-50-52-55-58-61-64-67-70-76(79)82-73-74(72-81-75(78)69-66-63-60-57-54-24-21-18-15-12-9-6-3)83-77(80)71-68-65-62-59-56-53-51-48-30-28-26-23-20-17-14-11-8-5-2/h7,10,16,19,25,27-28,30-32,34-35,37-38,40-41,43-44,46-47,50,52,74H,4-6,8-9,11-15,17-18,20-24,26,29,33,36,39,42,45,48-49,51,53-73H2,1-3H3/b10-7-,19-16-,27-25-,30-28-,32-31-,35-34-,38-37-,41-40-,44-43-,47-46-,52-50-. The van der Waals surface area contributed by atoms with Crippen LogP contribution in [0.4, 0.5) is 0 Å². The highest BCUT2D eigenvalue weighted by Crippen LogP contribution is 2.16. The van der Waals surface area contributed by atoms with Crippen molar-refractivity contribution < 1.29 is 28.6 Å². The summed E-state index contributed by atoms with van der Waals surface area (Å²) in [6, 6.07) is 0. The second-order valence-electron chi connectivity index (χ2n) is 22.7. The van der Waals surface area contributed by atoms with Gasteiger partial charge in [-0.1, -0.05) is 309 Å². The average molecular weight is 1150 g/mol. The third-order valence-corrected chi connectivity index (χ3v) is 14.6. The fourth-order valence-electron chi connectivity index (χ4n) is 9.47. The Balaban J connectivity index is 4.32. The summed E-state index contributed by atoms with van der Waals surface area (Å²) in [6.45, 7) is 6.52. The van der Waals surface area contributed by atoms with Gasteiger partial charge in [0.1, 0.15) is 13.2 Å². The summed E-state index contributed by atoms with van der Waals surface area (Å²) in [5.41, 5.74) is 0. The van der Waals surface area contributed by atoms with Gasteiger partial charge in [0.25, 0.3) is 0 Å². The van der Waals surface area contributed by atoms with E-state index in [1.807, 2.05) is 0 Å². The van der Waals surface area contributed by atoms with Gasteiger partial charge in [0.05, 0.1) is 0 Å². The highest BCUT2D eigenvalue weighted by atomic mass is 16.6. The number of unbranched alkanes of at least 4 members (excludes halogenated alkanes) is 29. The van der Waals surface area contributed by atoms with Crippen LogP contribution in [0, 0.1) is 0 Å². The molecule has 472 valence electrons. The van der Waals surface area contributed by atoms with Crippen LogP contribution in [-0.2, 0) is 28.6 Å². The van der Waals surface area contributed by atoms with Crippen LogP contribution >= 0.6 is 0 Å². The number of hydrogen-bond acceptors (Lipinski definition) is 6. The monoisotopic (exact) mass is 1150 g/mol. The fraction of sp³-hybridized carbons (Fsp3) is 0.675. The van der Waals surface area contributed by atoms with Crippen molar-refractivity contribution in [2.45, 2.75) is 322 Å². The first-order valence-electron chi connectivity index (χ1n) is 34.7. The van der Waals surface area contributed by atoms with E-state index in [0.717, 1.165) is 135 Å². The minimum Gasteiger partial charge on any atom is -0.462 e. The molecule has 83 heavy (non-hydrogen) atoms. The summed E-state index contributed by atoms with van der Waals surface area (Å²) in [6.07, 6.45) is 99.0. The van der Waals surface area contributed by atoms with Gasteiger partial charge in [-0.3, -0.25) is 14.4 Å². The molecule has 0 fully saturated rings. The van der Waals surface area contributed by atoms with Gasteiger partial charge in [-0.05, 0) is 122 Å². The van der Waals surface area contributed by atoms with Gasteiger partial charge in [-0.25, -0.2) is 0 Å². The number of carbonyl (C=O) groups is 3. The quantitative estimate of drug-likeness (QED) is 0.0261. The molecule has 0 heterocycles. The smallest absolute Gasteiger partial charge is 0.306 e. The lowest BCUT2D eigenvalue weighted by Crippen LogP contribution is -2.30. The van der Waals surface area contributed by atoms with Crippen LogP contribution < -0.4 is 0 Å². The van der Waals surface area contributed by atoms with Crippen LogP contribution in [0.15, 0.2) is 134 Å². The van der Waals surface area contributed by atoms with Crippen LogP contribution in [0.5, 0.6) is 0 Å². The van der Waals surface area contributed by atoms with Gasteiger partial charge in [0.2, 0.25) is 0 Å². The Kier molecular flexibility index (Phi) is 66.3. The van der Waals surface area contributed by atoms with E-state index in [1.54, 1.807) is 0 Å². The summed E-state index contributed by atoms with van der Waals surface area (Å²) in [5, 5.41) is 0. The Morgan fingerprint density at radius 3 is 0.747 bits per heavy atom. The van der Waals surface area contributed by atoms with E-state index in [1.165, 1.54) is 141 Å². The molecular weight excluding hydrogens is 1020 g/mol. The minimum atomic E-state index is -0.793. The van der Waals surface area contributed by atoms with Crippen molar-refractivity contribution in [3.63, 3.8) is 0 Å². The molecule has 0 bridgehead atoms. The second kappa shape index (κ2) is 70.0. The van der Waals surface area contributed by atoms with E-state index in [4.69, 9.17) is 14.2 Å². The largest absolute Gasteiger partial charge is 0.462 e. The zero-order valence-corrected chi connectivity index (χ0v) is 54.2. The van der Waals surface area contributed by atoms with E-state index >= 15 is 0 Å². The molecule has 0 aliphatic heterocycles. The third kappa shape index (κ3) is 68.2. The Labute approximate surface area is 513 Å². The summed E-state index contributed by atoms with van der Waals surface area (Å²) in [7, 11) is 0. The lowest BCUT2D eigenvalue weighted by molar-refractivity contribution is -0.167. The van der Waals surface area contributed by atoms with E-state index < -0.39 is 6.10 Å². The van der Waals surface area contributed by atoms with Crippen molar-refractivity contribution in [2.24, 2.45) is 0 Å². The Morgan fingerprint density at radius 1 is 0.253 bits per heavy atom. The van der Waals surface area contributed by atoms with E-state index in [-0.39, 0.29) is 31.1 Å². The molecule has 0 aromatic rings. The topological polar surface area (TPSA) is 78.9 Å². The molecule has 0 aromatic heterocycles. The Morgan fingerprint density at radius 2 is 0.470 bits per heavy atom. The molecule has 0 aromatic carbocycles. The number of rotatable bonds is 62. The first-order chi connectivity index (χ1) is 41.0. The molecule has 0 amide bonds. The molecule has 1 atom stereocenters. The minimum absolute atomic E-state index is 0.0874. The van der Waals surface area contributed by atoms with Crippen molar-refractivity contribution in [3.8, 4) is 0 Å².